The van der Waals surface area contributed by atoms with Crippen LogP contribution in [0.25, 0.3) is 0 Å². The lowest BCUT2D eigenvalue weighted by Gasteiger charge is -2.00. The Labute approximate surface area is 109 Å². The number of aryl methyl sites for hydroxylation is 1. The Morgan fingerprint density at radius 1 is 1.53 bits per heavy atom. The van der Waals surface area contributed by atoms with Crippen molar-refractivity contribution in [3.05, 3.63) is 35.8 Å². The first-order chi connectivity index (χ1) is 9.11. The molecule has 0 aliphatic rings. The van der Waals surface area contributed by atoms with Crippen molar-refractivity contribution in [2.75, 3.05) is 6.61 Å². The molecule has 0 aromatic carbocycles. The fourth-order valence-corrected chi connectivity index (χ4v) is 1.43. The molecule has 0 saturated heterocycles. The number of nitrogens with zero attached hydrogens (tertiary/aromatic N) is 5. The van der Waals surface area contributed by atoms with Gasteiger partial charge in [0.2, 0.25) is 5.89 Å². The molecule has 0 N–H and O–H groups in total. The zero-order chi connectivity index (χ0) is 13.8. The Bertz CT molecular complexity index is 601. The van der Waals surface area contributed by atoms with Crippen LogP contribution in [-0.2, 0) is 11.3 Å². The molecule has 0 unspecified atom stereocenters. The molecular formula is C11H13N5O3. The third-order valence-electron chi connectivity index (χ3n) is 2.36. The molecule has 8 heteroatoms. The fraction of sp³-hybridized carbons (Fsp3) is 0.364. The van der Waals surface area contributed by atoms with E-state index in [1.807, 2.05) is 0 Å². The second kappa shape index (κ2) is 5.42. The fourth-order valence-electron chi connectivity index (χ4n) is 1.43. The average Bonchev–Trinajstić information content (AvgIpc) is 2.95. The van der Waals surface area contributed by atoms with Crippen LogP contribution >= 0.6 is 0 Å². The molecule has 2 aromatic heterocycles. The van der Waals surface area contributed by atoms with Crippen LogP contribution in [0.2, 0.25) is 0 Å². The van der Waals surface area contributed by atoms with Gasteiger partial charge in [-0.3, -0.25) is 0 Å². The summed E-state index contributed by atoms with van der Waals surface area (Å²) in [5, 5.41) is 11.3. The number of ether oxygens (including phenoxy) is 1. The van der Waals surface area contributed by atoms with Crippen molar-refractivity contribution >= 4 is 5.97 Å². The molecular weight excluding hydrogens is 250 g/mol. The minimum absolute atomic E-state index is 0.133. The minimum Gasteiger partial charge on any atom is -0.457 e. The van der Waals surface area contributed by atoms with E-state index in [0.717, 1.165) is 0 Å². The summed E-state index contributed by atoms with van der Waals surface area (Å²) in [4.78, 5) is 15.7. The first-order valence-electron chi connectivity index (χ1n) is 5.59. The molecule has 0 aliphatic carbocycles. The van der Waals surface area contributed by atoms with Gasteiger partial charge in [0.25, 0.3) is 0 Å². The molecule has 100 valence electrons. The van der Waals surface area contributed by atoms with Crippen molar-refractivity contribution in [2.24, 2.45) is 0 Å². The summed E-state index contributed by atoms with van der Waals surface area (Å²) in [6, 6.07) is 0. The van der Waals surface area contributed by atoms with E-state index in [4.69, 9.17) is 9.26 Å². The maximum absolute atomic E-state index is 11.7. The highest BCUT2D eigenvalue weighted by Crippen LogP contribution is 2.08. The SMILES string of the molecule is C=CCOC(=O)c1nnn(Cc2nc(C)no2)c1C. The lowest BCUT2D eigenvalue weighted by molar-refractivity contribution is 0.0542. The number of rotatable bonds is 5. The number of carbonyl (C=O) groups excluding carboxylic acids is 1. The van der Waals surface area contributed by atoms with Gasteiger partial charge < -0.3 is 9.26 Å². The van der Waals surface area contributed by atoms with Crippen molar-refractivity contribution in [1.29, 1.82) is 0 Å². The first kappa shape index (κ1) is 12.9. The van der Waals surface area contributed by atoms with E-state index in [-0.39, 0.29) is 18.8 Å². The van der Waals surface area contributed by atoms with Crippen LogP contribution in [0.15, 0.2) is 17.2 Å². The Morgan fingerprint density at radius 2 is 2.32 bits per heavy atom. The smallest absolute Gasteiger partial charge is 0.361 e. The average molecular weight is 263 g/mol. The van der Waals surface area contributed by atoms with Gasteiger partial charge in [0, 0.05) is 0 Å². The Kier molecular flexibility index (Phi) is 3.69. The van der Waals surface area contributed by atoms with Crippen molar-refractivity contribution in [3.63, 3.8) is 0 Å². The first-order valence-corrected chi connectivity index (χ1v) is 5.59. The lowest BCUT2D eigenvalue weighted by Crippen LogP contribution is -2.09. The predicted octanol–water partition coefficient (Wildman–Crippen LogP) is 0.669. The zero-order valence-electron chi connectivity index (χ0n) is 10.7. The van der Waals surface area contributed by atoms with Gasteiger partial charge in [-0.25, -0.2) is 9.48 Å². The van der Waals surface area contributed by atoms with Crippen LogP contribution < -0.4 is 0 Å². The van der Waals surface area contributed by atoms with Crippen molar-refractivity contribution in [3.8, 4) is 0 Å². The Morgan fingerprint density at radius 3 is 2.95 bits per heavy atom. The highest BCUT2D eigenvalue weighted by atomic mass is 16.5. The van der Waals surface area contributed by atoms with Crippen LogP contribution in [-0.4, -0.2) is 37.7 Å². The molecule has 2 aromatic rings. The highest BCUT2D eigenvalue weighted by Gasteiger charge is 2.18. The van der Waals surface area contributed by atoms with E-state index in [1.54, 1.807) is 13.8 Å². The molecule has 0 amide bonds. The van der Waals surface area contributed by atoms with Crippen molar-refractivity contribution in [2.45, 2.75) is 20.4 Å². The molecule has 0 atom stereocenters. The third kappa shape index (κ3) is 2.84. The number of hydrogen-bond acceptors (Lipinski definition) is 7. The van der Waals surface area contributed by atoms with Gasteiger partial charge in [-0.05, 0) is 13.8 Å². The molecule has 0 spiro atoms. The van der Waals surface area contributed by atoms with E-state index in [2.05, 4.69) is 27.0 Å². The normalized spacial score (nSPS) is 10.4. The van der Waals surface area contributed by atoms with E-state index >= 15 is 0 Å². The van der Waals surface area contributed by atoms with Gasteiger partial charge >= 0.3 is 5.97 Å². The molecule has 0 radical (unpaired) electrons. The molecule has 8 nitrogen and oxygen atoms in total. The molecule has 0 bridgehead atoms. The second-order valence-corrected chi connectivity index (χ2v) is 3.80. The monoisotopic (exact) mass is 263 g/mol. The number of aromatic nitrogens is 5. The minimum atomic E-state index is -0.537. The highest BCUT2D eigenvalue weighted by molar-refractivity contribution is 5.88. The summed E-state index contributed by atoms with van der Waals surface area (Å²) >= 11 is 0. The molecule has 0 saturated carbocycles. The van der Waals surface area contributed by atoms with Gasteiger partial charge in [-0.2, -0.15) is 4.98 Å². The van der Waals surface area contributed by atoms with Crippen LogP contribution in [0.1, 0.15) is 27.9 Å². The summed E-state index contributed by atoms with van der Waals surface area (Å²) < 4.78 is 11.4. The standard InChI is InChI=1S/C11H13N5O3/c1-4-5-18-11(17)10-7(2)16(15-13-10)6-9-12-8(3)14-19-9/h4H,1,5-6H2,2-3H3. The van der Waals surface area contributed by atoms with E-state index in [1.165, 1.54) is 10.8 Å². The maximum atomic E-state index is 11.7. The van der Waals surface area contributed by atoms with Crippen LogP contribution in [0.4, 0.5) is 0 Å². The van der Waals surface area contributed by atoms with Crippen LogP contribution in [0.5, 0.6) is 0 Å². The van der Waals surface area contributed by atoms with Gasteiger partial charge in [-0.15, -0.1) is 5.10 Å². The topological polar surface area (TPSA) is 95.9 Å². The zero-order valence-corrected chi connectivity index (χ0v) is 10.7. The summed E-state index contributed by atoms with van der Waals surface area (Å²) in [5.74, 6) is 0.403. The van der Waals surface area contributed by atoms with E-state index < -0.39 is 5.97 Å². The molecule has 2 rings (SSSR count). The summed E-state index contributed by atoms with van der Waals surface area (Å²) in [7, 11) is 0. The van der Waals surface area contributed by atoms with Crippen LogP contribution in [0, 0.1) is 13.8 Å². The Balaban J connectivity index is 2.13. The molecule has 0 aliphatic heterocycles. The largest absolute Gasteiger partial charge is 0.457 e. The molecule has 2 heterocycles. The quantitative estimate of drug-likeness (QED) is 0.577. The summed E-state index contributed by atoms with van der Waals surface area (Å²) in [5.41, 5.74) is 0.739. The van der Waals surface area contributed by atoms with Crippen molar-refractivity contribution < 1.29 is 14.1 Å². The van der Waals surface area contributed by atoms with Crippen LogP contribution in [0.3, 0.4) is 0 Å². The number of hydrogen-bond donors (Lipinski definition) is 0. The molecule has 0 fully saturated rings. The van der Waals surface area contributed by atoms with Gasteiger partial charge in [0.05, 0.1) is 5.69 Å². The van der Waals surface area contributed by atoms with Gasteiger partial charge in [0.15, 0.2) is 11.5 Å². The lowest BCUT2D eigenvalue weighted by atomic mass is 10.3. The van der Waals surface area contributed by atoms with Gasteiger partial charge in [-0.1, -0.05) is 23.0 Å². The summed E-state index contributed by atoms with van der Waals surface area (Å²) in [6.07, 6.45) is 1.48. The molecule has 19 heavy (non-hydrogen) atoms. The summed E-state index contributed by atoms with van der Waals surface area (Å²) in [6.45, 7) is 7.29. The Hall–Kier alpha value is -2.51. The number of carbonyl (C=O) groups is 1. The third-order valence-corrected chi connectivity index (χ3v) is 2.36. The predicted molar refractivity (Wildman–Crippen MR) is 63.4 cm³/mol. The van der Waals surface area contributed by atoms with Gasteiger partial charge in [0.1, 0.15) is 13.2 Å². The number of esters is 1. The van der Waals surface area contributed by atoms with E-state index in [9.17, 15) is 4.79 Å². The van der Waals surface area contributed by atoms with E-state index in [0.29, 0.717) is 17.4 Å². The maximum Gasteiger partial charge on any atom is 0.361 e. The second-order valence-electron chi connectivity index (χ2n) is 3.80. The van der Waals surface area contributed by atoms with Crippen molar-refractivity contribution in [1.82, 2.24) is 25.1 Å².